The van der Waals surface area contributed by atoms with E-state index in [-0.39, 0.29) is 24.5 Å². The first-order chi connectivity index (χ1) is 9.04. The molecule has 1 aliphatic carbocycles. The highest BCUT2D eigenvalue weighted by atomic mass is 19.3. The van der Waals surface area contributed by atoms with Gasteiger partial charge in [0.05, 0.1) is 0 Å². The number of urea groups is 1. The smallest absolute Gasteiger partial charge is 0.388 e. The summed E-state index contributed by atoms with van der Waals surface area (Å²) in [6.45, 7) is -0.619. The van der Waals surface area contributed by atoms with Crippen LogP contribution in [0, 0.1) is 5.92 Å². The number of hydrogen-bond donors (Lipinski definition) is 2. The lowest BCUT2D eigenvalue weighted by Crippen LogP contribution is -2.36. The number of amides is 2. The summed E-state index contributed by atoms with van der Waals surface area (Å²) in [4.78, 5) is 15.1. The molecule has 1 aromatic rings. The van der Waals surface area contributed by atoms with Gasteiger partial charge >= 0.3 is 12.6 Å². The van der Waals surface area contributed by atoms with Gasteiger partial charge in [-0.25, -0.2) is 9.78 Å². The van der Waals surface area contributed by atoms with Crippen LogP contribution in [-0.2, 0) is 6.54 Å². The number of rotatable bonds is 5. The average molecular weight is 271 g/mol. The monoisotopic (exact) mass is 271 g/mol. The lowest BCUT2D eigenvalue weighted by molar-refractivity contribution is -0.0528. The second-order valence-electron chi connectivity index (χ2n) is 4.53. The van der Waals surface area contributed by atoms with Gasteiger partial charge in [0.1, 0.15) is 0 Å². The second kappa shape index (κ2) is 5.81. The summed E-state index contributed by atoms with van der Waals surface area (Å²) in [6.07, 6.45) is 2.35. The van der Waals surface area contributed by atoms with Gasteiger partial charge in [0.2, 0.25) is 5.88 Å². The van der Waals surface area contributed by atoms with Crippen molar-refractivity contribution in [1.82, 2.24) is 15.6 Å². The van der Waals surface area contributed by atoms with E-state index in [1.165, 1.54) is 12.3 Å². The number of aromatic nitrogens is 1. The molecule has 1 aliphatic rings. The Hall–Kier alpha value is -1.92. The predicted molar refractivity (Wildman–Crippen MR) is 63.8 cm³/mol. The van der Waals surface area contributed by atoms with Crippen LogP contribution < -0.4 is 15.4 Å². The van der Waals surface area contributed by atoms with Gasteiger partial charge in [0.25, 0.3) is 0 Å². The molecule has 7 heteroatoms. The third-order valence-electron chi connectivity index (χ3n) is 2.89. The normalized spacial score (nSPS) is 21.1. The van der Waals surface area contributed by atoms with Gasteiger partial charge in [0.15, 0.2) is 0 Å². The quantitative estimate of drug-likeness (QED) is 0.859. The van der Waals surface area contributed by atoms with Crippen molar-refractivity contribution < 1.29 is 18.3 Å². The summed E-state index contributed by atoms with van der Waals surface area (Å²) >= 11 is 0. The Morgan fingerprint density at radius 2 is 2.37 bits per heavy atom. The van der Waals surface area contributed by atoms with Crippen LogP contribution in [0.4, 0.5) is 13.6 Å². The number of ether oxygens (including phenoxy) is 1. The van der Waals surface area contributed by atoms with Crippen molar-refractivity contribution in [2.75, 3.05) is 0 Å². The van der Waals surface area contributed by atoms with Crippen LogP contribution in [0.1, 0.15) is 18.9 Å². The molecular formula is C12H15F2N3O2. The molecule has 1 heterocycles. The van der Waals surface area contributed by atoms with Crippen LogP contribution in [0.15, 0.2) is 18.3 Å². The fourth-order valence-corrected chi connectivity index (χ4v) is 1.64. The number of halogens is 2. The Bertz CT molecular complexity index is 456. The zero-order valence-electron chi connectivity index (χ0n) is 10.4. The highest BCUT2D eigenvalue weighted by molar-refractivity contribution is 5.74. The van der Waals surface area contributed by atoms with E-state index in [2.05, 4.69) is 27.3 Å². The number of carbonyl (C=O) groups excluding carboxylic acids is 1. The molecular weight excluding hydrogens is 256 g/mol. The van der Waals surface area contributed by atoms with Gasteiger partial charge in [-0.1, -0.05) is 6.92 Å². The molecule has 0 bridgehead atoms. The number of alkyl halides is 2. The highest BCUT2D eigenvalue weighted by Crippen LogP contribution is 2.28. The Morgan fingerprint density at radius 1 is 1.63 bits per heavy atom. The average Bonchev–Trinajstić information content (AvgIpc) is 3.02. The third kappa shape index (κ3) is 4.35. The summed E-state index contributed by atoms with van der Waals surface area (Å²) in [5, 5.41) is 5.45. The largest absolute Gasteiger partial charge is 0.417 e. The Labute approximate surface area is 109 Å². The third-order valence-corrected chi connectivity index (χ3v) is 2.89. The van der Waals surface area contributed by atoms with Crippen LogP contribution in [0.3, 0.4) is 0 Å². The second-order valence-corrected chi connectivity index (χ2v) is 4.53. The molecule has 2 rings (SSSR count). The summed E-state index contributed by atoms with van der Waals surface area (Å²) in [5.41, 5.74) is 0.643. The SMILES string of the molecule is CC1CC1NC(=O)NCc1ccnc(OC(F)F)c1. The minimum Gasteiger partial charge on any atom is -0.417 e. The maximum Gasteiger partial charge on any atom is 0.388 e. The van der Waals surface area contributed by atoms with Gasteiger partial charge < -0.3 is 15.4 Å². The van der Waals surface area contributed by atoms with Crippen molar-refractivity contribution in [1.29, 1.82) is 0 Å². The van der Waals surface area contributed by atoms with Gasteiger partial charge in [-0.2, -0.15) is 8.78 Å². The molecule has 0 spiro atoms. The summed E-state index contributed by atoms with van der Waals surface area (Å²) < 4.78 is 28.2. The summed E-state index contributed by atoms with van der Waals surface area (Å²) in [6, 6.07) is 2.97. The van der Waals surface area contributed by atoms with Gasteiger partial charge in [0, 0.05) is 24.8 Å². The van der Waals surface area contributed by atoms with Crippen LogP contribution in [0.5, 0.6) is 5.88 Å². The molecule has 1 aromatic heterocycles. The zero-order valence-corrected chi connectivity index (χ0v) is 10.4. The molecule has 2 unspecified atom stereocenters. The molecule has 1 fully saturated rings. The molecule has 2 atom stereocenters. The maximum atomic E-state index is 12.0. The van der Waals surface area contributed by atoms with Crippen molar-refractivity contribution in [3.05, 3.63) is 23.9 Å². The molecule has 0 aromatic carbocycles. The molecule has 19 heavy (non-hydrogen) atoms. The first-order valence-electron chi connectivity index (χ1n) is 5.98. The molecule has 2 amide bonds. The first-order valence-corrected chi connectivity index (χ1v) is 5.98. The van der Waals surface area contributed by atoms with Crippen LogP contribution in [0.25, 0.3) is 0 Å². The van der Waals surface area contributed by atoms with E-state index >= 15 is 0 Å². The first kappa shape index (κ1) is 13.5. The predicted octanol–water partition coefficient (Wildman–Crippen LogP) is 1.89. The number of nitrogens with zero attached hydrogens (tertiary/aromatic N) is 1. The van der Waals surface area contributed by atoms with E-state index < -0.39 is 6.61 Å². The van der Waals surface area contributed by atoms with E-state index in [1.807, 2.05) is 0 Å². The van der Waals surface area contributed by atoms with Gasteiger partial charge in [-0.15, -0.1) is 0 Å². The van der Waals surface area contributed by atoms with E-state index in [4.69, 9.17) is 0 Å². The Balaban J connectivity index is 1.80. The Kier molecular flexibility index (Phi) is 4.13. The van der Waals surface area contributed by atoms with Gasteiger partial charge in [-0.05, 0) is 24.0 Å². The van der Waals surface area contributed by atoms with E-state index in [9.17, 15) is 13.6 Å². The zero-order chi connectivity index (χ0) is 13.8. The maximum absolute atomic E-state index is 12.0. The molecule has 0 aliphatic heterocycles. The van der Waals surface area contributed by atoms with Crippen LogP contribution in [0.2, 0.25) is 0 Å². The summed E-state index contributed by atoms with van der Waals surface area (Å²) in [7, 11) is 0. The topological polar surface area (TPSA) is 63.2 Å². The van der Waals surface area contributed by atoms with E-state index in [0.29, 0.717) is 11.5 Å². The minimum atomic E-state index is -2.91. The van der Waals surface area contributed by atoms with Crippen molar-refractivity contribution in [3.8, 4) is 5.88 Å². The van der Waals surface area contributed by atoms with E-state index in [0.717, 1.165) is 6.42 Å². The fraction of sp³-hybridized carbons (Fsp3) is 0.500. The standard InChI is InChI=1S/C12H15F2N3O2/c1-7-4-9(7)17-12(18)16-6-8-2-3-15-10(5-8)19-11(13)14/h2-3,5,7,9,11H,4,6H2,1H3,(H2,16,17,18). The molecule has 0 radical (unpaired) electrons. The number of nitrogens with one attached hydrogen (secondary N) is 2. The summed E-state index contributed by atoms with van der Waals surface area (Å²) in [5.74, 6) is 0.364. The lowest BCUT2D eigenvalue weighted by atomic mass is 10.2. The lowest BCUT2D eigenvalue weighted by Gasteiger charge is -2.08. The number of pyridine rings is 1. The highest BCUT2D eigenvalue weighted by Gasteiger charge is 2.33. The van der Waals surface area contributed by atoms with Gasteiger partial charge in [-0.3, -0.25) is 0 Å². The Morgan fingerprint density at radius 3 is 3.00 bits per heavy atom. The van der Waals surface area contributed by atoms with Crippen LogP contribution in [-0.4, -0.2) is 23.7 Å². The molecule has 104 valence electrons. The molecule has 5 nitrogen and oxygen atoms in total. The van der Waals surface area contributed by atoms with Crippen molar-refractivity contribution >= 4 is 6.03 Å². The van der Waals surface area contributed by atoms with Crippen molar-refractivity contribution in [2.45, 2.75) is 32.5 Å². The fourth-order valence-electron chi connectivity index (χ4n) is 1.64. The van der Waals surface area contributed by atoms with E-state index in [1.54, 1.807) is 6.07 Å². The molecule has 0 saturated heterocycles. The number of hydrogen-bond acceptors (Lipinski definition) is 3. The van der Waals surface area contributed by atoms with Crippen molar-refractivity contribution in [3.63, 3.8) is 0 Å². The van der Waals surface area contributed by atoms with Crippen LogP contribution >= 0.6 is 0 Å². The molecule has 2 N–H and O–H groups in total. The number of carbonyl (C=O) groups is 1. The molecule has 1 saturated carbocycles. The minimum absolute atomic E-state index is 0.162. The van der Waals surface area contributed by atoms with Crippen molar-refractivity contribution in [2.24, 2.45) is 5.92 Å².